The van der Waals surface area contributed by atoms with Crippen LogP contribution < -0.4 is 29.1 Å². The lowest BCUT2D eigenvalue weighted by Crippen LogP contribution is -2.40. The zero-order valence-electron chi connectivity index (χ0n) is 26.9. The Morgan fingerprint density at radius 1 is 0.918 bits per heavy atom. The fraction of sp³-hybridized carbons (Fsp3) is 0.184. The Bertz CT molecular complexity index is 2230. The van der Waals surface area contributed by atoms with Crippen LogP contribution in [0, 0.1) is 0 Å². The molecule has 0 amide bonds. The van der Waals surface area contributed by atoms with Gasteiger partial charge in [-0.2, -0.15) is 0 Å². The molecular formula is C38H32Cl2N2O6S. The Morgan fingerprint density at radius 3 is 2.47 bits per heavy atom. The second-order valence-electron chi connectivity index (χ2n) is 10.9. The Kier molecular flexibility index (Phi) is 10.5. The van der Waals surface area contributed by atoms with Crippen molar-refractivity contribution in [2.45, 2.75) is 26.5 Å². The lowest BCUT2D eigenvalue weighted by atomic mass is 9.93. The molecular weight excluding hydrogens is 683 g/mol. The monoisotopic (exact) mass is 714 g/mol. The number of carbonyl (C=O) groups is 1. The molecule has 49 heavy (non-hydrogen) atoms. The van der Waals surface area contributed by atoms with Crippen LogP contribution in [0.15, 0.2) is 106 Å². The van der Waals surface area contributed by atoms with Crippen molar-refractivity contribution in [2.75, 3.05) is 20.3 Å². The maximum atomic E-state index is 14.3. The van der Waals surface area contributed by atoms with Gasteiger partial charge in [0.2, 0.25) is 0 Å². The molecule has 0 unspecified atom stereocenters. The minimum atomic E-state index is -0.822. The number of ether oxygens (including phenoxy) is 4. The quantitative estimate of drug-likeness (QED) is 0.134. The average molecular weight is 716 g/mol. The summed E-state index contributed by atoms with van der Waals surface area (Å²) in [4.78, 5) is 33.4. The molecule has 0 N–H and O–H groups in total. The van der Waals surface area contributed by atoms with E-state index in [9.17, 15) is 9.59 Å². The maximum absolute atomic E-state index is 14.3. The number of halogens is 2. The van der Waals surface area contributed by atoms with Crippen molar-refractivity contribution in [1.29, 1.82) is 0 Å². The Labute approximate surface area is 297 Å². The third-order valence-electron chi connectivity index (χ3n) is 7.75. The summed E-state index contributed by atoms with van der Waals surface area (Å²) in [7, 11) is 1.57. The number of hydrogen-bond acceptors (Lipinski definition) is 8. The summed E-state index contributed by atoms with van der Waals surface area (Å²) in [6.45, 7) is 4.41. The van der Waals surface area contributed by atoms with Crippen LogP contribution in [0.25, 0.3) is 11.8 Å². The predicted octanol–water partition coefficient (Wildman–Crippen LogP) is 7.23. The SMILES string of the molecule is CCOC(=O)C1=C(c2ccccc2)N=c2s/c(=C\c3ccc(OCc4ccc(Cl)cc4Cl)c(OCC)c3)c(=O)n2[C@H]1c1cccc(OC)c1. The predicted molar refractivity (Wildman–Crippen MR) is 192 cm³/mol. The van der Waals surface area contributed by atoms with Gasteiger partial charge < -0.3 is 18.9 Å². The summed E-state index contributed by atoms with van der Waals surface area (Å²) in [6, 6.07) is 26.6. The highest BCUT2D eigenvalue weighted by molar-refractivity contribution is 7.07. The van der Waals surface area contributed by atoms with Gasteiger partial charge in [0.15, 0.2) is 16.3 Å². The van der Waals surface area contributed by atoms with Gasteiger partial charge in [0.1, 0.15) is 12.4 Å². The van der Waals surface area contributed by atoms with Crippen molar-refractivity contribution in [3.63, 3.8) is 0 Å². The van der Waals surface area contributed by atoms with Crippen molar-refractivity contribution in [1.82, 2.24) is 4.57 Å². The van der Waals surface area contributed by atoms with E-state index >= 15 is 0 Å². The second-order valence-corrected chi connectivity index (χ2v) is 12.7. The van der Waals surface area contributed by atoms with Crippen molar-refractivity contribution in [3.8, 4) is 17.2 Å². The number of fused-ring (bicyclic) bond motifs is 1. The van der Waals surface area contributed by atoms with Crippen molar-refractivity contribution >= 4 is 52.3 Å². The van der Waals surface area contributed by atoms with Crippen LogP contribution in [0.3, 0.4) is 0 Å². The number of carbonyl (C=O) groups excluding carboxylic acids is 1. The largest absolute Gasteiger partial charge is 0.497 e. The van der Waals surface area contributed by atoms with Gasteiger partial charge in [-0.1, -0.05) is 89.1 Å². The number of rotatable bonds is 11. The van der Waals surface area contributed by atoms with Gasteiger partial charge in [-0.05, 0) is 67.4 Å². The summed E-state index contributed by atoms with van der Waals surface area (Å²) in [5.74, 6) is 1.07. The summed E-state index contributed by atoms with van der Waals surface area (Å²) >= 11 is 13.6. The highest BCUT2D eigenvalue weighted by Gasteiger charge is 2.35. The van der Waals surface area contributed by atoms with Crippen molar-refractivity contribution < 1.29 is 23.7 Å². The molecule has 6 rings (SSSR count). The topological polar surface area (TPSA) is 88.4 Å². The number of hydrogen-bond donors (Lipinski definition) is 0. The van der Waals surface area contributed by atoms with Crippen LogP contribution in [-0.2, 0) is 16.1 Å². The van der Waals surface area contributed by atoms with E-state index in [1.807, 2.05) is 79.7 Å². The maximum Gasteiger partial charge on any atom is 0.338 e. The highest BCUT2D eigenvalue weighted by Crippen LogP contribution is 2.36. The van der Waals surface area contributed by atoms with Crippen LogP contribution >= 0.6 is 34.5 Å². The molecule has 0 saturated heterocycles. The van der Waals surface area contributed by atoms with Crippen molar-refractivity contribution in [3.05, 3.63) is 149 Å². The first-order valence-electron chi connectivity index (χ1n) is 15.6. The standard InChI is InChI=1S/C38H32Cl2N2O6S/c1-4-46-31-18-23(14-17-30(31)48-22-26-15-16-27(39)21-29(26)40)19-32-36(43)42-35(25-12-9-13-28(20-25)45-3)33(37(44)47-5-2)34(41-38(42)49-32)24-10-7-6-8-11-24/h6-21,35H,4-5,22H2,1-3H3/b32-19-/t35-/m0/s1. The fourth-order valence-corrected chi connectivity index (χ4v) is 6.98. The molecule has 1 atom stereocenters. The fourth-order valence-electron chi connectivity index (χ4n) is 5.51. The lowest BCUT2D eigenvalue weighted by molar-refractivity contribution is -0.138. The molecule has 1 aliphatic rings. The van der Waals surface area contributed by atoms with Crippen LogP contribution in [0.5, 0.6) is 17.2 Å². The van der Waals surface area contributed by atoms with Gasteiger partial charge in [-0.15, -0.1) is 0 Å². The van der Waals surface area contributed by atoms with Crippen LogP contribution in [-0.4, -0.2) is 30.9 Å². The minimum absolute atomic E-state index is 0.161. The Hall–Kier alpha value is -4.83. The van der Waals surface area contributed by atoms with E-state index in [0.717, 1.165) is 16.7 Å². The van der Waals surface area contributed by atoms with Gasteiger partial charge in [-0.3, -0.25) is 9.36 Å². The number of benzene rings is 4. The molecule has 5 aromatic rings. The second kappa shape index (κ2) is 15.2. The molecule has 0 spiro atoms. The van der Waals surface area contributed by atoms with Gasteiger partial charge in [0.25, 0.3) is 5.56 Å². The molecule has 250 valence electrons. The van der Waals surface area contributed by atoms with Crippen LogP contribution in [0.2, 0.25) is 10.0 Å². The number of esters is 1. The van der Waals surface area contributed by atoms with E-state index in [0.29, 0.717) is 54.5 Å². The van der Waals surface area contributed by atoms with Crippen LogP contribution in [0.1, 0.15) is 42.1 Å². The van der Waals surface area contributed by atoms with Gasteiger partial charge in [0.05, 0.1) is 42.2 Å². The summed E-state index contributed by atoms with van der Waals surface area (Å²) in [6.07, 6.45) is 1.78. The number of nitrogens with zero attached hydrogens (tertiary/aromatic N) is 2. The zero-order chi connectivity index (χ0) is 34.5. The Morgan fingerprint density at radius 2 is 1.73 bits per heavy atom. The van der Waals surface area contributed by atoms with Crippen molar-refractivity contribution in [2.24, 2.45) is 4.99 Å². The molecule has 11 heteroatoms. The number of thiazole rings is 1. The van der Waals surface area contributed by atoms with E-state index < -0.39 is 12.0 Å². The molecule has 2 heterocycles. The molecule has 8 nitrogen and oxygen atoms in total. The molecule has 0 bridgehead atoms. The summed E-state index contributed by atoms with van der Waals surface area (Å²) in [5, 5.41) is 1.05. The molecule has 0 radical (unpaired) electrons. The molecule has 0 aliphatic carbocycles. The third kappa shape index (κ3) is 7.29. The number of aromatic nitrogens is 1. The van der Waals surface area contributed by atoms with Gasteiger partial charge >= 0.3 is 5.97 Å². The first kappa shape index (κ1) is 34.0. The number of methoxy groups -OCH3 is 1. The molecule has 1 aromatic heterocycles. The average Bonchev–Trinajstić information content (AvgIpc) is 3.42. The van der Waals surface area contributed by atoms with Gasteiger partial charge in [0, 0.05) is 21.2 Å². The smallest absolute Gasteiger partial charge is 0.338 e. The normalized spacial score (nSPS) is 14.2. The first-order valence-corrected chi connectivity index (χ1v) is 17.1. The highest BCUT2D eigenvalue weighted by atomic mass is 35.5. The van der Waals surface area contributed by atoms with E-state index in [-0.39, 0.29) is 24.3 Å². The lowest BCUT2D eigenvalue weighted by Gasteiger charge is -2.26. The van der Waals surface area contributed by atoms with E-state index in [1.54, 1.807) is 42.9 Å². The van der Waals surface area contributed by atoms with Crippen LogP contribution in [0.4, 0.5) is 0 Å². The van der Waals surface area contributed by atoms with E-state index in [4.69, 9.17) is 47.1 Å². The summed E-state index contributed by atoms with van der Waals surface area (Å²) in [5.41, 5.74) is 3.31. The van der Waals surface area contributed by atoms with Gasteiger partial charge in [-0.25, -0.2) is 9.79 Å². The van der Waals surface area contributed by atoms with E-state index in [2.05, 4.69) is 0 Å². The minimum Gasteiger partial charge on any atom is -0.497 e. The third-order valence-corrected chi connectivity index (χ3v) is 9.32. The Balaban J connectivity index is 1.47. The summed E-state index contributed by atoms with van der Waals surface area (Å²) < 4.78 is 25.1. The van der Waals surface area contributed by atoms with E-state index in [1.165, 1.54) is 11.3 Å². The first-order chi connectivity index (χ1) is 23.8. The zero-order valence-corrected chi connectivity index (χ0v) is 29.3. The molecule has 0 fully saturated rings. The molecule has 1 aliphatic heterocycles. The molecule has 0 saturated carbocycles. The molecule has 4 aromatic carbocycles.